The van der Waals surface area contributed by atoms with Crippen molar-refractivity contribution in [2.24, 2.45) is 0 Å². The van der Waals surface area contributed by atoms with Gasteiger partial charge in [0.2, 0.25) is 0 Å². The van der Waals surface area contributed by atoms with Crippen molar-refractivity contribution in [3.8, 4) is 0 Å². The first-order valence-electron chi connectivity index (χ1n) is 9.30. The summed E-state index contributed by atoms with van der Waals surface area (Å²) in [6.07, 6.45) is 5.47. The molecule has 1 aromatic heterocycles. The number of nitrogens with one attached hydrogen (secondary N) is 2. The van der Waals surface area contributed by atoms with E-state index >= 15 is 0 Å². The number of likely N-dealkylation sites (tertiary alicyclic amines) is 1. The van der Waals surface area contributed by atoms with Crippen LogP contribution in [0, 0.1) is 0 Å². The highest BCUT2D eigenvalue weighted by Crippen LogP contribution is 2.21. The minimum absolute atomic E-state index is 0.507. The Morgan fingerprint density at radius 3 is 2.84 bits per heavy atom. The monoisotopic (exact) mass is 334 g/mol. The largest absolute Gasteiger partial charge is 0.381 e. The molecule has 0 bridgehead atoms. The van der Waals surface area contributed by atoms with Gasteiger partial charge >= 0.3 is 0 Å². The van der Waals surface area contributed by atoms with Crippen molar-refractivity contribution in [1.82, 2.24) is 15.1 Å². The smallest absolute Gasteiger partial charge is 0.0651 e. The number of hydrogen-bond acceptors (Lipinski definition) is 3. The molecule has 0 saturated carbocycles. The third-order valence-corrected chi connectivity index (χ3v) is 5.15. The first kappa shape index (κ1) is 16.2. The van der Waals surface area contributed by atoms with Gasteiger partial charge in [-0.3, -0.25) is 10.00 Å². The molecule has 2 aromatic carbocycles. The first-order valence-corrected chi connectivity index (χ1v) is 9.30. The van der Waals surface area contributed by atoms with E-state index in [2.05, 4.69) is 69.8 Å². The Kier molecular flexibility index (Phi) is 4.70. The summed E-state index contributed by atoms with van der Waals surface area (Å²) in [4.78, 5) is 2.57. The summed E-state index contributed by atoms with van der Waals surface area (Å²) < 4.78 is 0. The van der Waals surface area contributed by atoms with Crippen LogP contribution in [0.2, 0.25) is 0 Å². The van der Waals surface area contributed by atoms with Crippen LogP contribution in [0.3, 0.4) is 0 Å². The van der Waals surface area contributed by atoms with Crippen LogP contribution in [0.5, 0.6) is 0 Å². The summed E-state index contributed by atoms with van der Waals surface area (Å²) in [6, 6.07) is 16.0. The second-order valence-corrected chi connectivity index (χ2v) is 7.06. The molecule has 0 aliphatic carbocycles. The number of aromatic amines is 1. The number of hydrogen-bond donors (Lipinski definition) is 2. The summed E-state index contributed by atoms with van der Waals surface area (Å²) >= 11 is 0. The average Bonchev–Trinajstić information content (AvgIpc) is 3.10. The minimum atomic E-state index is 0.507. The molecule has 3 aromatic rings. The number of nitrogens with zero attached hydrogens (tertiary/aromatic N) is 2. The van der Waals surface area contributed by atoms with Crippen molar-refractivity contribution >= 4 is 16.6 Å². The fraction of sp³-hybridized carbons (Fsp3) is 0.381. The standard InChI is InChI=1S/C21H26N4/c1-2-16-5-7-17(8-6-16)14-25-11-3-4-20(15-25)23-19-9-10-21-18(12-19)13-22-24-21/h5-10,12-13,20,23H,2-4,11,14-15H2,1H3,(H,22,24)/t20-/m0/s1. The van der Waals surface area contributed by atoms with Gasteiger partial charge in [-0.05, 0) is 55.1 Å². The van der Waals surface area contributed by atoms with Gasteiger partial charge in [-0.15, -0.1) is 0 Å². The van der Waals surface area contributed by atoms with E-state index in [4.69, 9.17) is 0 Å². The molecule has 0 amide bonds. The molecule has 4 nitrogen and oxygen atoms in total. The molecule has 1 saturated heterocycles. The predicted molar refractivity (Wildman–Crippen MR) is 104 cm³/mol. The van der Waals surface area contributed by atoms with Gasteiger partial charge in [-0.2, -0.15) is 5.10 Å². The first-order chi connectivity index (χ1) is 12.3. The van der Waals surface area contributed by atoms with Crippen LogP contribution in [0.4, 0.5) is 5.69 Å². The second-order valence-electron chi connectivity index (χ2n) is 7.06. The molecule has 4 heteroatoms. The fourth-order valence-electron chi connectivity index (χ4n) is 3.72. The molecule has 25 heavy (non-hydrogen) atoms. The molecule has 1 atom stereocenters. The summed E-state index contributed by atoms with van der Waals surface area (Å²) in [5.74, 6) is 0. The molecule has 0 radical (unpaired) electrons. The highest BCUT2D eigenvalue weighted by molar-refractivity contribution is 5.81. The molecule has 2 heterocycles. The molecule has 130 valence electrons. The maximum Gasteiger partial charge on any atom is 0.0651 e. The number of anilines is 1. The Morgan fingerprint density at radius 2 is 2.00 bits per heavy atom. The van der Waals surface area contributed by atoms with E-state index in [0.717, 1.165) is 30.4 Å². The van der Waals surface area contributed by atoms with E-state index in [1.54, 1.807) is 0 Å². The van der Waals surface area contributed by atoms with Crippen LogP contribution in [-0.2, 0) is 13.0 Å². The zero-order chi connectivity index (χ0) is 17.1. The maximum atomic E-state index is 4.10. The fourth-order valence-corrected chi connectivity index (χ4v) is 3.72. The Balaban J connectivity index is 1.38. The Morgan fingerprint density at radius 1 is 1.16 bits per heavy atom. The summed E-state index contributed by atoms with van der Waals surface area (Å²) in [7, 11) is 0. The van der Waals surface area contributed by atoms with Crippen LogP contribution in [0.15, 0.2) is 48.7 Å². The van der Waals surface area contributed by atoms with Crippen molar-refractivity contribution in [3.63, 3.8) is 0 Å². The summed E-state index contributed by atoms with van der Waals surface area (Å²) in [5, 5.41) is 12.0. The SMILES string of the molecule is CCc1ccc(CN2CCC[C@H](Nc3ccc4[nH]ncc4c3)C2)cc1. The van der Waals surface area contributed by atoms with Crippen LogP contribution in [0.25, 0.3) is 10.9 Å². The maximum absolute atomic E-state index is 4.10. The zero-order valence-electron chi connectivity index (χ0n) is 14.8. The highest BCUT2D eigenvalue weighted by atomic mass is 15.2. The van der Waals surface area contributed by atoms with Gasteiger partial charge in [0.25, 0.3) is 0 Å². The number of benzene rings is 2. The van der Waals surface area contributed by atoms with E-state index in [9.17, 15) is 0 Å². The molecule has 1 aliphatic rings. The summed E-state index contributed by atoms with van der Waals surface area (Å²) in [5.41, 5.74) is 5.11. The van der Waals surface area contributed by atoms with E-state index in [1.165, 1.54) is 36.2 Å². The van der Waals surface area contributed by atoms with E-state index < -0.39 is 0 Å². The molecular weight excluding hydrogens is 308 g/mol. The quantitative estimate of drug-likeness (QED) is 0.735. The van der Waals surface area contributed by atoms with E-state index in [1.807, 2.05) is 6.20 Å². The Bertz CT molecular complexity index is 821. The van der Waals surface area contributed by atoms with Gasteiger partial charge in [0.05, 0.1) is 11.7 Å². The number of piperidine rings is 1. The van der Waals surface area contributed by atoms with Gasteiger partial charge in [0, 0.05) is 30.2 Å². The lowest BCUT2D eigenvalue weighted by molar-refractivity contribution is 0.208. The average molecular weight is 334 g/mol. The van der Waals surface area contributed by atoms with Crippen LogP contribution >= 0.6 is 0 Å². The topological polar surface area (TPSA) is 44.0 Å². The Labute approximate surface area is 149 Å². The lowest BCUT2D eigenvalue weighted by Crippen LogP contribution is -2.41. The number of H-pyrrole nitrogens is 1. The lowest BCUT2D eigenvalue weighted by atomic mass is 10.0. The summed E-state index contributed by atoms with van der Waals surface area (Å²) in [6.45, 7) is 5.53. The normalized spacial score (nSPS) is 18.5. The minimum Gasteiger partial charge on any atom is -0.381 e. The Hall–Kier alpha value is -2.33. The number of rotatable bonds is 5. The van der Waals surface area contributed by atoms with Crippen molar-refractivity contribution in [2.75, 3.05) is 18.4 Å². The van der Waals surface area contributed by atoms with Gasteiger partial charge in [-0.1, -0.05) is 31.2 Å². The molecular formula is C21H26N4. The van der Waals surface area contributed by atoms with Crippen molar-refractivity contribution < 1.29 is 0 Å². The van der Waals surface area contributed by atoms with Crippen LogP contribution < -0.4 is 5.32 Å². The number of fused-ring (bicyclic) bond motifs is 1. The van der Waals surface area contributed by atoms with E-state index in [0.29, 0.717) is 6.04 Å². The van der Waals surface area contributed by atoms with Crippen LogP contribution in [-0.4, -0.2) is 34.2 Å². The van der Waals surface area contributed by atoms with E-state index in [-0.39, 0.29) is 0 Å². The molecule has 4 rings (SSSR count). The van der Waals surface area contributed by atoms with Gasteiger partial charge in [-0.25, -0.2) is 0 Å². The van der Waals surface area contributed by atoms with Crippen molar-refractivity contribution in [3.05, 3.63) is 59.8 Å². The third kappa shape index (κ3) is 3.85. The third-order valence-electron chi connectivity index (χ3n) is 5.15. The molecule has 1 fully saturated rings. The highest BCUT2D eigenvalue weighted by Gasteiger charge is 2.20. The molecule has 0 unspecified atom stereocenters. The van der Waals surface area contributed by atoms with Gasteiger partial charge in [0.1, 0.15) is 0 Å². The molecule has 2 N–H and O–H groups in total. The van der Waals surface area contributed by atoms with Gasteiger partial charge in [0.15, 0.2) is 0 Å². The molecule has 1 aliphatic heterocycles. The number of aryl methyl sites for hydroxylation is 1. The second kappa shape index (κ2) is 7.28. The van der Waals surface area contributed by atoms with Crippen LogP contribution in [0.1, 0.15) is 30.9 Å². The number of aromatic nitrogens is 2. The molecule has 0 spiro atoms. The predicted octanol–water partition coefficient (Wildman–Crippen LogP) is 4.20. The van der Waals surface area contributed by atoms with Crippen molar-refractivity contribution in [2.45, 2.75) is 38.8 Å². The van der Waals surface area contributed by atoms with Crippen molar-refractivity contribution in [1.29, 1.82) is 0 Å². The van der Waals surface area contributed by atoms with Gasteiger partial charge < -0.3 is 5.32 Å². The zero-order valence-corrected chi connectivity index (χ0v) is 14.8. The lowest BCUT2D eigenvalue weighted by Gasteiger charge is -2.33.